The first-order chi connectivity index (χ1) is 11.5. The Morgan fingerprint density at radius 3 is 2.54 bits per heavy atom. The van der Waals surface area contributed by atoms with Gasteiger partial charge in [-0.2, -0.15) is 4.98 Å². The molecule has 0 atom stereocenters. The summed E-state index contributed by atoms with van der Waals surface area (Å²) in [7, 11) is 0. The fourth-order valence-corrected chi connectivity index (χ4v) is 3.16. The quantitative estimate of drug-likeness (QED) is 0.790. The van der Waals surface area contributed by atoms with Crippen LogP contribution in [0.15, 0.2) is 4.52 Å². The first-order valence-electron chi connectivity index (χ1n) is 8.58. The molecule has 2 amide bonds. The van der Waals surface area contributed by atoms with Gasteiger partial charge in [-0.25, -0.2) is 4.79 Å². The molecule has 1 aromatic heterocycles. The Morgan fingerprint density at radius 1 is 1.29 bits per heavy atom. The molecule has 0 saturated heterocycles. The number of hydrogen-bond donors (Lipinski definition) is 2. The van der Waals surface area contributed by atoms with E-state index in [1.807, 2.05) is 13.8 Å². The first kappa shape index (κ1) is 18.2. The molecule has 0 unspecified atom stereocenters. The number of aryl methyl sites for hydroxylation is 1. The zero-order valence-electron chi connectivity index (χ0n) is 14.4. The van der Waals surface area contributed by atoms with Gasteiger partial charge < -0.3 is 19.8 Å². The zero-order valence-corrected chi connectivity index (χ0v) is 14.4. The minimum atomic E-state index is -0.885. The van der Waals surface area contributed by atoms with Gasteiger partial charge in [0, 0.05) is 13.0 Å². The van der Waals surface area contributed by atoms with E-state index in [1.165, 1.54) is 0 Å². The zero-order chi connectivity index (χ0) is 17.6. The number of nitrogens with zero attached hydrogens (tertiary/aromatic N) is 3. The molecule has 2 N–H and O–H groups in total. The number of hydrogen-bond acceptors (Lipinski definition) is 5. The summed E-state index contributed by atoms with van der Waals surface area (Å²) in [6, 6.07) is -0.281. The van der Waals surface area contributed by atoms with Crippen molar-refractivity contribution in [3.8, 4) is 0 Å². The lowest BCUT2D eigenvalue weighted by molar-refractivity contribution is -0.139. The van der Waals surface area contributed by atoms with Crippen molar-refractivity contribution in [2.24, 2.45) is 0 Å². The maximum Gasteiger partial charge on any atom is 0.318 e. The van der Waals surface area contributed by atoms with Crippen LogP contribution in [-0.4, -0.2) is 44.2 Å². The van der Waals surface area contributed by atoms with Crippen LogP contribution in [0.4, 0.5) is 4.79 Å². The minimum absolute atomic E-state index is 0.0448. The average molecular weight is 338 g/mol. The van der Waals surface area contributed by atoms with Crippen LogP contribution in [-0.2, 0) is 17.8 Å². The molecule has 0 radical (unpaired) electrons. The van der Waals surface area contributed by atoms with Gasteiger partial charge in [0.05, 0.1) is 12.0 Å². The van der Waals surface area contributed by atoms with Gasteiger partial charge in [-0.3, -0.25) is 4.79 Å². The number of rotatable bonds is 7. The smallest absolute Gasteiger partial charge is 0.318 e. The van der Waals surface area contributed by atoms with E-state index in [2.05, 4.69) is 15.5 Å². The van der Waals surface area contributed by atoms with Gasteiger partial charge in [0.25, 0.3) is 0 Å². The molecule has 8 heteroatoms. The second-order valence-electron chi connectivity index (χ2n) is 6.31. The number of carbonyl (C=O) groups is 2. The van der Waals surface area contributed by atoms with E-state index >= 15 is 0 Å². The molecule has 1 heterocycles. The molecule has 24 heavy (non-hydrogen) atoms. The van der Waals surface area contributed by atoms with Crippen molar-refractivity contribution in [1.82, 2.24) is 20.4 Å². The number of carboxylic acids is 1. The Balaban J connectivity index is 2.04. The van der Waals surface area contributed by atoms with Gasteiger partial charge in [-0.15, -0.1) is 0 Å². The van der Waals surface area contributed by atoms with E-state index in [4.69, 9.17) is 4.52 Å². The van der Waals surface area contributed by atoms with Crippen LogP contribution >= 0.6 is 0 Å². The summed E-state index contributed by atoms with van der Waals surface area (Å²) >= 11 is 0. The van der Waals surface area contributed by atoms with Crippen LogP contribution in [0.3, 0.4) is 0 Å². The summed E-state index contributed by atoms with van der Waals surface area (Å²) in [5.41, 5.74) is -0.655. The molecular weight excluding hydrogens is 312 g/mol. The molecule has 8 nitrogen and oxygen atoms in total. The van der Waals surface area contributed by atoms with Crippen molar-refractivity contribution in [3.63, 3.8) is 0 Å². The molecule has 0 spiro atoms. The van der Waals surface area contributed by atoms with Gasteiger partial charge in [-0.1, -0.05) is 31.3 Å². The van der Waals surface area contributed by atoms with Crippen LogP contribution in [0.25, 0.3) is 0 Å². The molecule has 2 rings (SSSR count). The standard InChI is InChI=1S/C16H26N4O4/c1-3-12-17-13(24-19-12)11-20(4-2)15(23)18-16(10-14(21)22)8-6-5-7-9-16/h3-11H2,1-2H3,(H,18,23)(H,21,22). The number of amides is 2. The highest BCUT2D eigenvalue weighted by molar-refractivity contribution is 5.77. The van der Waals surface area contributed by atoms with Gasteiger partial charge in [-0.05, 0) is 19.8 Å². The summed E-state index contributed by atoms with van der Waals surface area (Å²) in [6.07, 6.45) is 4.97. The highest BCUT2D eigenvalue weighted by atomic mass is 16.5. The fourth-order valence-electron chi connectivity index (χ4n) is 3.16. The molecule has 1 fully saturated rings. The maximum absolute atomic E-state index is 12.6. The summed E-state index contributed by atoms with van der Waals surface area (Å²) in [4.78, 5) is 29.6. The SMILES string of the molecule is CCc1noc(CN(CC)C(=O)NC2(CC(=O)O)CCCCC2)n1. The van der Waals surface area contributed by atoms with Gasteiger partial charge in [0.2, 0.25) is 5.89 Å². The molecule has 1 aliphatic carbocycles. The van der Waals surface area contributed by atoms with E-state index in [-0.39, 0.29) is 19.0 Å². The third kappa shape index (κ3) is 4.69. The predicted octanol–water partition coefficient (Wildman–Crippen LogP) is 2.34. The summed E-state index contributed by atoms with van der Waals surface area (Å²) < 4.78 is 5.14. The van der Waals surface area contributed by atoms with Crippen molar-refractivity contribution in [3.05, 3.63) is 11.7 Å². The Morgan fingerprint density at radius 2 is 2.00 bits per heavy atom. The van der Waals surface area contributed by atoms with Crippen LogP contribution in [0, 0.1) is 0 Å². The van der Waals surface area contributed by atoms with E-state index in [9.17, 15) is 14.7 Å². The summed E-state index contributed by atoms with van der Waals surface area (Å²) in [6.45, 7) is 4.48. The van der Waals surface area contributed by atoms with Gasteiger partial charge in [0.15, 0.2) is 5.82 Å². The summed E-state index contributed by atoms with van der Waals surface area (Å²) in [5.74, 6) is 0.112. The molecule has 0 bridgehead atoms. The lowest BCUT2D eigenvalue weighted by atomic mass is 9.79. The first-order valence-corrected chi connectivity index (χ1v) is 8.58. The average Bonchev–Trinajstić information content (AvgIpc) is 3.00. The van der Waals surface area contributed by atoms with E-state index in [0.717, 1.165) is 19.3 Å². The van der Waals surface area contributed by atoms with Crippen LogP contribution in [0.2, 0.25) is 0 Å². The lowest BCUT2D eigenvalue weighted by Gasteiger charge is -2.38. The van der Waals surface area contributed by atoms with Gasteiger partial charge >= 0.3 is 12.0 Å². The molecule has 1 aliphatic rings. The van der Waals surface area contributed by atoms with Crippen molar-refractivity contribution in [1.29, 1.82) is 0 Å². The number of urea groups is 1. The third-order valence-corrected chi connectivity index (χ3v) is 4.49. The normalized spacial score (nSPS) is 16.6. The van der Waals surface area contributed by atoms with Crippen molar-refractivity contribution < 1.29 is 19.2 Å². The van der Waals surface area contributed by atoms with Gasteiger partial charge in [0.1, 0.15) is 6.54 Å². The number of aliphatic carboxylic acids is 1. The van der Waals surface area contributed by atoms with Crippen LogP contribution < -0.4 is 5.32 Å². The number of nitrogens with one attached hydrogen (secondary N) is 1. The van der Waals surface area contributed by atoms with Crippen molar-refractivity contribution >= 4 is 12.0 Å². The third-order valence-electron chi connectivity index (χ3n) is 4.49. The monoisotopic (exact) mass is 338 g/mol. The second kappa shape index (κ2) is 8.12. The number of carbonyl (C=O) groups excluding carboxylic acids is 1. The van der Waals surface area contributed by atoms with E-state index in [1.54, 1.807) is 4.90 Å². The molecule has 0 aromatic carbocycles. The summed E-state index contributed by atoms with van der Waals surface area (Å²) in [5, 5.41) is 16.0. The fraction of sp³-hybridized carbons (Fsp3) is 0.750. The molecule has 1 aromatic rings. The largest absolute Gasteiger partial charge is 0.481 e. The lowest BCUT2D eigenvalue weighted by Crippen LogP contribution is -2.55. The maximum atomic E-state index is 12.6. The Hall–Kier alpha value is -2.12. The Kier molecular flexibility index (Phi) is 6.16. The minimum Gasteiger partial charge on any atom is -0.481 e. The number of aromatic nitrogens is 2. The molecule has 0 aliphatic heterocycles. The van der Waals surface area contributed by atoms with Crippen molar-refractivity contribution in [2.45, 2.75) is 70.9 Å². The van der Waals surface area contributed by atoms with Crippen LogP contribution in [0.5, 0.6) is 0 Å². The Labute approximate surface area is 141 Å². The second-order valence-corrected chi connectivity index (χ2v) is 6.31. The Bertz CT molecular complexity index is 566. The highest BCUT2D eigenvalue weighted by Gasteiger charge is 2.37. The molecular formula is C16H26N4O4. The van der Waals surface area contributed by atoms with Crippen molar-refractivity contribution in [2.75, 3.05) is 6.54 Å². The van der Waals surface area contributed by atoms with Crippen LogP contribution in [0.1, 0.15) is 64.1 Å². The predicted molar refractivity (Wildman–Crippen MR) is 86.4 cm³/mol. The van der Waals surface area contributed by atoms with E-state index in [0.29, 0.717) is 37.5 Å². The topological polar surface area (TPSA) is 109 Å². The molecule has 134 valence electrons. The molecule has 1 saturated carbocycles. The highest BCUT2D eigenvalue weighted by Crippen LogP contribution is 2.31. The number of carboxylic acid groups (broad SMARTS) is 1. The van der Waals surface area contributed by atoms with E-state index < -0.39 is 11.5 Å².